The first kappa shape index (κ1) is 18.3. The van der Waals surface area contributed by atoms with Crippen molar-refractivity contribution in [2.45, 2.75) is 33.4 Å². The number of carbonyl (C=O) groups excluding carboxylic acids is 1. The molecule has 0 saturated carbocycles. The molecule has 0 aliphatic carbocycles. The van der Waals surface area contributed by atoms with Gasteiger partial charge in [-0.2, -0.15) is 10.2 Å². The van der Waals surface area contributed by atoms with E-state index in [1.807, 2.05) is 18.5 Å². The number of amides is 1. The molecule has 136 valence electrons. The fourth-order valence-electron chi connectivity index (χ4n) is 2.62. The first-order chi connectivity index (χ1) is 12.4. The van der Waals surface area contributed by atoms with Gasteiger partial charge in [-0.1, -0.05) is 12.1 Å². The maximum absolute atomic E-state index is 12.9. The van der Waals surface area contributed by atoms with Crippen LogP contribution in [-0.4, -0.2) is 25.5 Å². The summed E-state index contributed by atoms with van der Waals surface area (Å²) in [6, 6.07) is 6.25. The predicted octanol–water partition coefficient (Wildman–Crippen LogP) is 3.68. The van der Waals surface area contributed by atoms with E-state index in [9.17, 15) is 9.18 Å². The van der Waals surface area contributed by atoms with Crippen LogP contribution < -0.4 is 5.32 Å². The first-order valence-electron chi connectivity index (χ1n) is 8.18. The van der Waals surface area contributed by atoms with Crippen LogP contribution in [-0.2, 0) is 17.9 Å². The molecule has 0 aliphatic heterocycles. The maximum Gasteiger partial charge on any atom is 0.226 e. The van der Waals surface area contributed by atoms with Crippen LogP contribution in [0.1, 0.15) is 23.4 Å². The summed E-state index contributed by atoms with van der Waals surface area (Å²) < 4.78 is 17.4. The third-order valence-electron chi connectivity index (χ3n) is 4.02. The standard InChI is InChI=1S/C18H19BrFN5O/c1-12-18(19)13(2)25(23-12)8-7-17(26)22-16-9-21-24(11-16)10-14-3-5-15(20)6-4-14/h3-6,9,11H,7-8,10H2,1-2H3,(H,22,26). The highest BCUT2D eigenvalue weighted by molar-refractivity contribution is 9.10. The van der Waals surface area contributed by atoms with E-state index in [1.165, 1.54) is 12.1 Å². The fraction of sp³-hybridized carbons (Fsp3) is 0.278. The van der Waals surface area contributed by atoms with Crippen LogP contribution in [0.15, 0.2) is 41.1 Å². The van der Waals surface area contributed by atoms with Crippen LogP contribution in [0.2, 0.25) is 0 Å². The van der Waals surface area contributed by atoms with Gasteiger partial charge in [0.15, 0.2) is 0 Å². The monoisotopic (exact) mass is 419 g/mol. The Balaban J connectivity index is 1.54. The molecule has 26 heavy (non-hydrogen) atoms. The molecule has 3 aromatic rings. The van der Waals surface area contributed by atoms with Crippen LogP contribution in [0.3, 0.4) is 0 Å². The van der Waals surface area contributed by atoms with Gasteiger partial charge in [0.2, 0.25) is 5.91 Å². The Hall–Kier alpha value is -2.48. The minimum absolute atomic E-state index is 0.102. The summed E-state index contributed by atoms with van der Waals surface area (Å²) in [5.41, 5.74) is 3.47. The quantitative estimate of drug-likeness (QED) is 0.662. The van der Waals surface area contributed by atoms with Crippen molar-refractivity contribution in [1.29, 1.82) is 0 Å². The molecule has 0 radical (unpaired) electrons. The van der Waals surface area contributed by atoms with E-state index in [2.05, 4.69) is 31.4 Å². The Bertz CT molecular complexity index is 916. The van der Waals surface area contributed by atoms with E-state index in [0.29, 0.717) is 25.2 Å². The smallest absolute Gasteiger partial charge is 0.226 e. The maximum atomic E-state index is 12.9. The van der Waals surface area contributed by atoms with Gasteiger partial charge >= 0.3 is 0 Å². The Kier molecular flexibility index (Phi) is 5.51. The van der Waals surface area contributed by atoms with Crippen molar-refractivity contribution in [3.63, 3.8) is 0 Å². The normalized spacial score (nSPS) is 10.9. The SMILES string of the molecule is Cc1nn(CCC(=O)Nc2cnn(Cc3ccc(F)cc3)c2)c(C)c1Br. The zero-order chi connectivity index (χ0) is 18.7. The summed E-state index contributed by atoms with van der Waals surface area (Å²) in [5.74, 6) is -0.369. The third-order valence-corrected chi connectivity index (χ3v) is 5.17. The van der Waals surface area contributed by atoms with Crippen LogP contribution in [0.25, 0.3) is 0 Å². The summed E-state index contributed by atoms with van der Waals surface area (Å²) in [6.45, 7) is 4.90. The second-order valence-corrected chi connectivity index (χ2v) is 6.85. The highest BCUT2D eigenvalue weighted by Crippen LogP contribution is 2.20. The number of halogens is 2. The predicted molar refractivity (Wildman–Crippen MR) is 100 cm³/mol. The highest BCUT2D eigenvalue weighted by atomic mass is 79.9. The van der Waals surface area contributed by atoms with Gasteiger partial charge in [-0.15, -0.1) is 0 Å². The summed E-state index contributed by atoms with van der Waals surface area (Å²) in [4.78, 5) is 12.2. The molecule has 0 spiro atoms. The number of nitrogens with zero attached hydrogens (tertiary/aromatic N) is 4. The van der Waals surface area contributed by atoms with Gasteiger partial charge in [0.1, 0.15) is 5.82 Å². The zero-order valence-corrected chi connectivity index (χ0v) is 16.1. The van der Waals surface area contributed by atoms with E-state index in [1.54, 1.807) is 29.2 Å². The van der Waals surface area contributed by atoms with Gasteiger partial charge in [0, 0.05) is 18.3 Å². The second kappa shape index (κ2) is 7.82. The summed E-state index contributed by atoms with van der Waals surface area (Å²) >= 11 is 3.48. The van der Waals surface area contributed by atoms with Gasteiger partial charge < -0.3 is 5.32 Å². The van der Waals surface area contributed by atoms with E-state index in [0.717, 1.165) is 21.4 Å². The number of nitrogens with one attached hydrogen (secondary N) is 1. The highest BCUT2D eigenvalue weighted by Gasteiger charge is 2.11. The van der Waals surface area contributed by atoms with Gasteiger partial charge in [-0.05, 0) is 47.5 Å². The van der Waals surface area contributed by atoms with E-state index < -0.39 is 0 Å². The molecule has 6 nitrogen and oxygen atoms in total. The lowest BCUT2D eigenvalue weighted by Gasteiger charge is -2.05. The number of hydrogen-bond donors (Lipinski definition) is 1. The molecule has 0 fully saturated rings. The van der Waals surface area contributed by atoms with Crippen molar-refractivity contribution in [2.24, 2.45) is 0 Å². The van der Waals surface area contributed by atoms with Crippen LogP contribution in [0.4, 0.5) is 10.1 Å². The summed E-state index contributed by atoms with van der Waals surface area (Å²) in [7, 11) is 0. The summed E-state index contributed by atoms with van der Waals surface area (Å²) in [5, 5.41) is 11.4. The molecule has 3 rings (SSSR count). The summed E-state index contributed by atoms with van der Waals surface area (Å²) in [6.07, 6.45) is 3.67. The Labute approximate surface area is 159 Å². The molecule has 8 heteroatoms. The average Bonchev–Trinajstić information content (AvgIpc) is 3.15. The number of rotatable bonds is 6. The first-order valence-corrected chi connectivity index (χ1v) is 8.98. The van der Waals surface area contributed by atoms with Crippen molar-refractivity contribution < 1.29 is 9.18 Å². The lowest BCUT2D eigenvalue weighted by atomic mass is 10.2. The largest absolute Gasteiger partial charge is 0.323 e. The molecule has 1 aromatic carbocycles. The van der Waals surface area contributed by atoms with E-state index >= 15 is 0 Å². The number of aromatic nitrogens is 4. The van der Waals surface area contributed by atoms with Gasteiger partial charge in [0.25, 0.3) is 0 Å². The fourth-order valence-corrected chi connectivity index (χ4v) is 2.90. The molecule has 0 aliphatic rings. The zero-order valence-electron chi connectivity index (χ0n) is 14.5. The molecule has 0 atom stereocenters. The second-order valence-electron chi connectivity index (χ2n) is 6.06. The van der Waals surface area contributed by atoms with Crippen molar-refractivity contribution >= 4 is 27.5 Å². The minimum atomic E-state index is -0.267. The molecule has 1 N–H and O–H groups in total. The van der Waals surface area contributed by atoms with Crippen LogP contribution >= 0.6 is 15.9 Å². The molecule has 2 heterocycles. The lowest BCUT2D eigenvalue weighted by molar-refractivity contribution is -0.116. The van der Waals surface area contributed by atoms with Crippen LogP contribution in [0.5, 0.6) is 0 Å². The minimum Gasteiger partial charge on any atom is -0.323 e. The van der Waals surface area contributed by atoms with Crippen molar-refractivity contribution in [3.8, 4) is 0 Å². The number of aryl methyl sites for hydroxylation is 2. The van der Waals surface area contributed by atoms with Gasteiger partial charge in [-0.3, -0.25) is 14.2 Å². The van der Waals surface area contributed by atoms with Crippen molar-refractivity contribution in [3.05, 3.63) is 63.9 Å². The molecular weight excluding hydrogens is 401 g/mol. The Morgan fingerprint density at radius 3 is 2.65 bits per heavy atom. The number of carbonyl (C=O) groups is 1. The third kappa shape index (κ3) is 4.37. The van der Waals surface area contributed by atoms with Crippen molar-refractivity contribution in [1.82, 2.24) is 19.6 Å². The topological polar surface area (TPSA) is 64.7 Å². The molecular formula is C18H19BrFN5O. The molecule has 2 aromatic heterocycles. The van der Waals surface area contributed by atoms with Gasteiger partial charge in [-0.25, -0.2) is 4.39 Å². The Morgan fingerprint density at radius 2 is 2.00 bits per heavy atom. The molecule has 0 saturated heterocycles. The van der Waals surface area contributed by atoms with E-state index in [4.69, 9.17) is 0 Å². The lowest BCUT2D eigenvalue weighted by Crippen LogP contribution is -2.15. The number of anilines is 1. The number of benzene rings is 1. The van der Waals surface area contributed by atoms with E-state index in [-0.39, 0.29) is 11.7 Å². The van der Waals surface area contributed by atoms with Gasteiger partial charge in [0.05, 0.1) is 35.1 Å². The Morgan fingerprint density at radius 1 is 1.27 bits per heavy atom. The molecule has 0 unspecified atom stereocenters. The molecule has 0 bridgehead atoms. The van der Waals surface area contributed by atoms with Crippen molar-refractivity contribution in [2.75, 3.05) is 5.32 Å². The number of hydrogen-bond acceptors (Lipinski definition) is 3. The van der Waals surface area contributed by atoms with Crippen LogP contribution in [0, 0.1) is 19.7 Å². The average molecular weight is 420 g/mol. The molecule has 1 amide bonds.